The first-order valence-corrected chi connectivity index (χ1v) is 10.8. The van der Waals surface area contributed by atoms with E-state index in [0.29, 0.717) is 41.5 Å². The molecule has 7 nitrogen and oxygen atoms in total. The Morgan fingerprint density at radius 1 is 1.12 bits per heavy atom. The number of hydrogen-bond donors (Lipinski definition) is 1. The smallest absolute Gasteiger partial charge is 0.261 e. The number of aromatic nitrogens is 2. The molecule has 7 heteroatoms. The van der Waals surface area contributed by atoms with Crippen molar-refractivity contribution in [1.82, 2.24) is 14.9 Å². The molecule has 1 aliphatic heterocycles. The number of nitrogens with one attached hydrogen (secondary N) is 1. The Balaban J connectivity index is 1.49. The number of hydrogen-bond acceptors (Lipinski definition) is 5. The highest BCUT2D eigenvalue weighted by Gasteiger charge is 2.32. The number of carbonyl (C=O) groups excluding carboxylic acids is 1. The summed E-state index contributed by atoms with van der Waals surface area (Å²) in [4.78, 5) is 35.1. The first-order valence-electron chi connectivity index (χ1n) is 10.8. The number of para-hydroxylation sites is 2. The second kappa shape index (κ2) is 9.68. The van der Waals surface area contributed by atoms with Crippen molar-refractivity contribution in [3.05, 3.63) is 87.6 Å². The number of nitrogens with zero attached hydrogens (tertiary/aromatic N) is 2. The molecule has 0 aliphatic carbocycles. The van der Waals surface area contributed by atoms with Crippen molar-refractivity contribution in [3.63, 3.8) is 0 Å². The van der Waals surface area contributed by atoms with Crippen LogP contribution in [0.1, 0.15) is 41.5 Å². The van der Waals surface area contributed by atoms with E-state index in [0.717, 1.165) is 18.4 Å². The van der Waals surface area contributed by atoms with Crippen LogP contribution in [0.5, 0.6) is 11.5 Å². The summed E-state index contributed by atoms with van der Waals surface area (Å²) in [6.45, 7) is 2.35. The summed E-state index contributed by atoms with van der Waals surface area (Å²) in [6.07, 6.45) is 2.12. The molecule has 1 saturated heterocycles. The average Bonchev–Trinajstić information content (AvgIpc) is 3.31. The number of amides is 1. The van der Waals surface area contributed by atoms with Gasteiger partial charge in [-0.05, 0) is 37.5 Å². The molecule has 1 N–H and O–H groups in total. The van der Waals surface area contributed by atoms with Crippen molar-refractivity contribution >= 4 is 5.91 Å². The van der Waals surface area contributed by atoms with Crippen LogP contribution in [-0.2, 0) is 11.2 Å². The summed E-state index contributed by atoms with van der Waals surface area (Å²) >= 11 is 0. The molecule has 0 bridgehead atoms. The largest absolute Gasteiger partial charge is 0.493 e. The zero-order valence-electron chi connectivity index (χ0n) is 18.3. The van der Waals surface area contributed by atoms with E-state index >= 15 is 0 Å². The van der Waals surface area contributed by atoms with Gasteiger partial charge in [-0.25, -0.2) is 4.98 Å². The van der Waals surface area contributed by atoms with Gasteiger partial charge < -0.3 is 19.4 Å². The Kier molecular flexibility index (Phi) is 6.54. The molecule has 1 amide bonds. The number of methoxy groups -OCH3 is 1. The van der Waals surface area contributed by atoms with Gasteiger partial charge in [0.15, 0.2) is 18.1 Å². The molecule has 4 rings (SSSR count). The SMILES string of the molecule is COc1ccccc1OCC(=O)N1CCC[C@@H]1c1nc(C)c(Cc2ccccc2)c(=O)[nH]1. The summed E-state index contributed by atoms with van der Waals surface area (Å²) in [5, 5.41) is 0. The van der Waals surface area contributed by atoms with Crippen molar-refractivity contribution < 1.29 is 14.3 Å². The number of carbonyl (C=O) groups is 1. The minimum absolute atomic E-state index is 0.105. The third-order valence-electron chi connectivity index (χ3n) is 5.77. The average molecular weight is 434 g/mol. The summed E-state index contributed by atoms with van der Waals surface area (Å²) in [7, 11) is 1.56. The van der Waals surface area contributed by atoms with E-state index in [2.05, 4.69) is 9.97 Å². The normalized spacial score (nSPS) is 15.6. The predicted molar refractivity (Wildman–Crippen MR) is 121 cm³/mol. The lowest BCUT2D eigenvalue weighted by atomic mass is 10.0. The second-order valence-electron chi connectivity index (χ2n) is 7.86. The Labute approximate surface area is 187 Å². The molecule has 166 valence electrons. The minimum Gasteiger partial charge on any atom is -0.493 e. The van der Waals surface area contributed by atoms with Gasteiger partial charge in [0.2, 0.25) is 0 Å². The van der Waals surface area contributed by atoms with E-state index in [4.69, 9.17) is 9.47 Å². The highest BCUT2D eigenvalue weighted by molar-refractivity contribution is 5.78. The maximum absolute atomic E-state index is 12.9. The molecular weight excluding hydrogens is 406 g/mol. The number of likely N-dealkylation sites (tertiary alicyclic amines) is 1. The monoisotopic (exact) mass is 433 g/mol. The molecule has 0 spiro atoms. The fourth-order valence-electron chi connectivity index (χ4n) is 4.11. The van der Waals surface area contributed by atoms with Gasteiger partial charge in [0, 0.05) is 24.2 Å². The molecule has 1 atom stereocenters. The van der Waals surface area contributed by atoms with E-state index in [1.807, 2.05) is 49.4 Å². The van der Waals surface area contributed by atoms with Crippen LogP contribution in [0.25, 0.3) is 0 Å². The van der Waals surface area contributed by atoms with E-state index in [-0.39, 0.29) is 24.1 Å². The van der Waals surface area contributed by atoms with Crippen molar-refractivity contribution in [3.8, 4) is 11.5 Å². The van der Waals surface area contributed by atoms with E-state index < -0.39 is 0 Å². The zero-order valence-corrected chi connectivity index (χ0v) is 18.3. The predicted octanol–water partition coefficient (Wildman–Crippen LogP) is 3.42. The van der Waals surface area contributed by atoms with Gasteiger partial charge in [-0.3, -0.25) is 9.59 Å². The zero-order chi connectivity index (χ0) is 22.5. The minimum atomic E-state index is -0.263. The van der Waals surface area contributed by atoms with Gasteiger partial charge in [0.05, 0.1) is 13.2 Å². The molecule has 2 aromatic carbocycles. The Bertz CT molecular complexity index is 1140. The number of aromatic amines is 1. The van der Waals surface area contributed by atoms with E-state index in [1.165, 1.54) is 0 Å². The number of rotatable bonds is 7. The van der Waals surface area contributed by atoms with Gasteiger partial charge in [-0.2, -0.15) is 0 Å². The van der Waals surface area contributed by atoms with Crippen LogP contribution in [0, 0.1) is 6.92 Å². The lowest BCUT2D eigenvalue weighted by Crippen LogP contribution is -2.36. The van der Waals surface area contributed by atoms with Crippen LogP contribution in [-0.4, -0.2) is 41.0 Å². The van der Waals surface area contributed by atoms with Crippen molar-refractivity contribution in [2.45, 2.75) is 32.2 Å². The van der Waals surface area contributed by atoms with Crippen molar-refractivity contribution in [2.75, 3.05) is 20.3 Å². The van der Waals surface area contributed by atoms with Crippen LogP contribution >= 0.6 is 0 Å². The third kappa shape index (κ3) is 4.66. The number of ether oxygens (including phenoxy) is 2. The number of H-pyrrole nitrogens is 1. The highest BCUT2D eigenvalue weighted by Crippen LogP contribution is 2.31. The lowest BCUT2D eigenvalue weighted by Gasteiger charge is -2.24. The van der Waals surface area contributed by atoms with Crippen molar-refractivity contribution in [2.24, 2.45) is 0 Å². The highest BCUT2D eigenvalue weighted by atomic mass is 16.5. The third-order valence-corrected chi connectivity index (χ3v) is 5.77. The standard InChI is InChI=1S/C25H27N3O4/c1-17-19(15-18-9-4-3-5-10-18)25(30)27-24(26-17)20-11-8-14-28(20)23(29)16-32-22-13-7-6-12-21(22)31-2/h3-7,9-10,12-13,20H,8,11,14-16H2,1-2H3,(H,26,27,30)/t20-/m1/s1. The van der Waals surface area contributed by atoms with Gasteiger partial charge in [0.25, 0.3) is 11.5 Å². The van der Waals surface area contributed by atoms with Crippen LogP contribution in [0.4, 0.5) is 0 Å². The fraction of sp³-hybridized carbons (Fsp3) is 0.320. The molecule has 1 aromatic heterocycles. The van der Waals surface area contributed by atoms with Gasteiger partial charge >= 0.3 is 0 Å². The van der Waals surface area contributed by atoms with Crippen LogP contribution < -0.4 is 15.0 Å². The Morgan fingerprint density at radius 3 is 2.56 bits per heavy atom. The van der Waals surface area contributed by atoms with Gasteiger partial charge in [-0.15, -0.1) is 0 Å². The first kappa shape index (κ1) is 21.6. The van der Waals surface area contributed by atoms with E-state index in [9.17, 15) is 9.59 Å². The van der Waals surface area contributed by atoms with Crippen molar-refractivity contribution in [1.29, 1.82) is 0 Å². The second-order valence-corrected chi connectivity index (χ2v) is 7.86. The Morgan fingerprint density at radius 2 is 1.84 bits per heavy atom. The molecular formula is C25H27N3O4. The maximum atomic E-state index is 12.9. The number of aryl methyl sites for hydroxylation is 1. The molecule has 2 heterocycles. The molecule has 0 unspecified atom stereocenters. The topological polar surface area (TPSA) is 84.5 Å². The molecule has 32 heavy (non-hydrogen) atoms. The fourth-order valence-corrected chi connectivity index (χ4v) is 4.11. The Hall–Kier alpha value is -3.61. The maximum Gasteiger partial charge on any atom is 0.261 e. The molecule has 0 radical (unpaired) electrons. The summed E-state index contributed by atoms with van der Waals surface area (Å²) < 4.78 is 11.0. The van der Waals surface area contributed by atoms with Gasteiger partial charge in [-0.1, -0.05) is 42.5 Å². The lowest BCUT2D eigenvalue weighted by molar-refractivity contribution is -0.134. The number of benzene rings is 2. The first-order chi connectivity index (χ1) is 15.6. The molecule has 1 fully saturated rings. The van der Waals surface area contributed by atoms with Crippen LogP contribution in [0.2, 0.25) is 0 Å². The molecule has 1 aliphatic rings. The van der Waals surface area contributed by atoms with E-state index in [1.54, 1.807) is 24.1 Å². The van der Waals surface area contributed by atoms with Crippen LogP contribution in [0.15, 0.2) is 59.4 Å². The summed E-state index contributed by atoms with van der Waals surface area (Å²) in [6, 6.07) is 16.8. The van der Waals surface area contributed by atoms with Crippen LogP contribution in [0.3, 0.4) is 0 Å². The summed E-state index contributed by atoms with van der Waals surface area (Å²) in [5.74, 6) is 1.49. The molecule has 3 aromatic rings. The molecule has 0 saturated carbocycles. The summed E-state index contributed by atoms with van der Waals surface area (Å²) in [5.41, 5.74) is 2.25. The van der Waals surface area contributed by atoms with Gasteiger partial charge in [0.1, 0.15) is 5.82 Å². The quantitative estimate of drug-likeness (QED) is 0.617.